The van der Waals surface area contributed by atoms with E-state index in [1.165, 1.54) is 0 Å². The van der Waals surface area contributed by atoms with E-state index in [1.807, 2.05) is 50.2 Å². The van der Waals surface area contributed by atoms with Crippen LogP contribution in [0.4, 0.5) is 5.69 Å². The number of amides is 1. The number of carbonyl (C=O) groups is 1. The zero-order chi connectivity index (χ0) is 18.7. The van der Waals surface area contributed by atoms with Crippen molar-refractivity contribution in [3.05, 3.63) is 63.8 Å². The fraction of sp³-hybridized carbons (Fsp3) is 0.200. The van der Waals surface area contributed by atoms with Crippen molar-refractivity contribution in [1.29, 1.82) is 0 Å². The Bertz CT molecular complexity index is 973. The van der Waals surface area contributed by atoms with Crippen LogP contribution in [0.3, 0.4) is 0 Å². The van der Waals surface area contributed by atoms with Gasteiger partial charge in [-0.1, -0.05) is 48.3 Å². The molecule has 6 heteroatoms. The van der Waals surface area contributed by atoms with Gasteiger partial charge in [-0.25, -0.2) is 4.98 Å². The van der Waals surface area contributed by atoms with Gasteiger partial charge in [0.15, 0.2) is 12.4 Å². The van der Waals surface area contributed by atoms with Crippen molar-refractivity contribution in [2.75, 3.05) is 11.9 Å². The molecule has 1 amide bonds. The van der Waals surface area contributed by atoms with E-state index >= 15 is 0 Å². The Labute approximate surface area is 162 Å². The van der Waals surface area contributed by atoms with Crippen LogP contribution in [0.2, 0.25) is 10.0 Å². The number of hydrogen-bond donors (Lipinski definition) is 1. The maximum Gasteiger partial charge on any atom is 0.262 e. The molecule has 0 aliphatic heterocycles. The number of para-hydroxylation sites is 1. The molecule has 3 rings (SSSR count). The highest BCUT2D eigenvalue weighted by atomic mass is 35.5. The Hall–Kier alpha value is -2.30. The summed E-state index contributed by atoms with van der Waals surface area (Å²) in [7, 11) is 0. The lowest BCUT2D eigenvalue weighted by Gasteiger charge is -2.13. The topological polar surface area (TPSA) is 51.2 Å². The van der Waals surface area contributed by atoms with E-state index in [4.69, 9.17) is 27.9 Å². The molecule has 0 unspecified atom stereocenters. The summed E-state index contributed by atoms with van der Waals surface area (Å²) in [6.45, 7) is 3.73. The Morgan fingerprint density at radius 3 is 2.69 bits per heavy atom. The number of rotatable bonds is 5. The van der Waals surface area contributed by atoms with E-state index < -0.39 is 0 Å². The lowest BCUT2D eigenvalue weighted by atomic mass is 10.1. The molecule has 0 saturated carbocycles. The van der Waals surface area contributed by atoms with Crippen molar-refractivity contribution in [2.45, 2.75) is 20.3 Å². The van der Waals surface area contributed by atoms with Crippen LogP contribution < -0.4 is 10.1 Å². The summed E-state index contributed by atoms with van der Waals surface area (Å²) in [5.41, 5.74) is 3.20. The first-order valence-corrected chi connectivity index (χ1v) is 9.01. The Kier molecular flexibility index (Phi) is 5.64. The number of aryl methyl sites for hydroxylation is 2. The van der Waals surface area contributed by atoms with Crippen LogP contribution in [0.5, 0.6) is 5.75 Å². The molecule has 0 spiro atoms. The van der Waals surface area contributed by atoms with Crippen molar-refractivity contribution in [3.8, 4) is 5.75 Å². The zero-order valence-electron chi connectivity index (χ0n) is 14.5. The van der Waals surface area contributed by atoms with Gasteiger partial charge in [-0.3, -0.25) is 4.79 Å². The first kappa shape index (κ1) is 18.5. The van der Waals surface area contributed by atoms with Crippen LogP contribution >= 0.6 is 23.2 Å². The smallest absolute Gasteiger partial charge is 0.262 e. The molecule has 4 nitrogen and oxygen atoms in total. The van der Waals surface area contributed by atoms with Crippen LogP contribution in [0, 0.1) is 6.92 Å². The molecule has 0 aliphatic rings. The van der Waals surface area contributed by atoms with Gasteiger partial charge in [-0.05, 0) is 43.2 Å². The molecule has 0 fully saturated rings. The number of ether oxygens (including phenoxy) is 1. The summed E-state index contributed by atoms with van der Waals surface area (Å²) in [4.78, 5) is 16.8. The second kappa shape index (κ2) is 7.94. The fourth-order valence-corrected chi connectivity index (χ4v) is 3.27. The van der Waals surface area contributed by atoms with Gasteiger partial charge >= 0.3 is 0 Å². The molecule has 1 heterocycles. The molecule has 1 N–H and O–H groups in total. The van der Waals surface area contributed by atoms with Gasteiger partial charge in [0.05, 0.1) is 10.0 Å². The lowest BCUT2D eigenvalue weighted by Crippen LogP contribution is -2.21. The molecule has 0 saturated heterocycles. The molecule has 1 aromatic heterocycles. The predicted molar refractivity (Wildman–Crippen MR) is 106 cm³/mol. The summed E-state index contributed by atoms with van der Waals surface area (Å²) in [6, 6.07) is 13.0. The van der Waals surface area contributed by atoms with Crippen molar-refractivity contribution in [1.82, 2.24) is 4.98 Å². The number of carbonyl (C=O) groups excluding carboxylic acids is 1. The maximum absolute atomic E-state index is 12.3. The minimum absolute atomic E-state index is 0.176. The van der Waals surface area contributed by atoms with E-state index in [-0.39, 0.29) is 12.5 Å². The van der Waals surface area contributed by atoms with E-state index in [0.29, 0.717) is 21.3 Å². The summed E-state index contributed by atoms with van der Waals surface area (Å²) >= 11 is 12.5. The summed E-state index contributed by atoms with van der Waals surface area (Å²) in [6.07, 6.45) is 0.828. The Morgan fingerprint density at radius 1 is 1.15 bits per heavy atom. The summed E-state index contributed by atoms with van der Waals surface area (Å²) in [5, 5.41) is 4.41. The van der Waals surface area contributed by atoms with Crippen LogP contribution in [0.15, 0.2) is 42.5 Å². The lowest BCUT2D eigenvalue weighted by molar-refractivity contribution is -0.118. The number of hydrogen-bond acceptors (Lipinski definition) is 3. The zero-order valence-corrected chi connectivity index (χ0v) is 16.0. The van der Waals surface area contributed by atoms with Gasteiger partial charge < -0.3 is 10.1 Å². The highest BCUT2D eigenvalue weighted by Crippen LogP contribution is 2.37. The molecular weight excluding hydrogens is 371 g/mol. The highest BCUT2D eigenvalue weighted by molar-refractivity contribution is 6.39. The number of benzene rings is 2. The second-order valence-corrected chi connectivity index (χ2v) is 6.68. The summed E-state index contributed by atoms with van der Waals surface area (Å²) in [5.74, 6) is 0.0893. The quantitative estimate of drug-likeness (QED) is 0.633. The number of anilines is 1. The van der Waals surface area contributed by atoms with E-state index in [1.54, 1.807) is 6.07 Å². The molecule has 0 atom stereocenters. The third-order valence-corrected chi connectivity index (χ3v) is 4.59. The number of pyridine rings is 1. The van der Waals surface area contributed by atoms with Gasteiger partial charge in [0.2, 0.25) is 0 Å². The molecular formula is C20H18Cl2N2O2. The number of nitrogens with zero attached hydrogens (tertiary/aromatic N) is 1. The number of fused-ring (bicyclic) bond motifs is 1. The van der Waals surface area contributed by atoms with Crippen molar-refractivity contribution >= 4 is 45.7 Å². The van der Waals surface area contributed by atoms with Gasteiger partial charge in [0.1, 0.15) is 5.52 Å². The van der Waals surface area contributed by atoms with Gasteiger partial charge in [0, 0.05) is 16.8 Å². The average molecular weight is 389 g/mol. The van der Waals surface area contributed by atoms with Crippen molar-refractivity contribution in [2.24, 2.45) is 0 Å². The van der Waals surface area contributed by atoms with Crippen LogP contribution in [0.25, 0.3) is 10.9 Å². The number of halogens is 2. The van der Waals surface area contributed by atoms with E-state index in [9.17, 15) is 4.79 Å². The van der Waals surface area contributed by atoms with Crippen molar-refractivity contribution in [3.63, 3.8) is 0 Å². The van der Waals surface area contributed by atoms with E-state index in [2.05, 4.69) is 10.3 Å². The summed E-state index contributed by atoms with van der Waals surface area (Å²) < 4.78 is 5.70. The Balaban J connectivity index is 1.81. The second-order valence-electron chi connectivity index (χ2n) is 5.87. The maximum atomic E-state index is 12.3. The molecule has 0 bridgehead atoms. The first-order chi connectivity index (χ1) is 12.5. The molecule has 0 aliphatic carbocycles. The first-order valence-electron chi connectivity index (χ1n) is 8.25. The van der Waals surface area contributed by atoms with Crippen LogP contribution in [-0.2, 0) is 11.2 Å². The third-order valence-electron chi connectivity index (χ3n) is 4.00. The minimum atomic E-state index is -0.266. The predicted octanol–water partition coefficient (Wildman–Crippen LogP) is 5.43. The normalized spacial score (nSPS) is 10.8. The van der Waals surface area contributed by atoms with Crippen LogP contribution in [-0.4, -0.2) is 17.5 Å². The van der Waals surface area contributed by atoms with Crippen molar-refractivity contribution < 1.29 is 9.53 Å². The van der Waals surface area contributed by atoms with Gasteiger partial charge in [-0.2, -0.15) is 0 Å². The molecule has 2 aromatic carbocycles. The van der Waals surface area contributed by atoms with Crippen LogP contribution in [0.1, 0.15) is 18.2 Å². The molecule has 3 aromatic rings. The highest BCUT2D eigenvalue weighted by Gasteiger charge is 2.15. The monoisotopic (exact) mass is 388 g/mol. The molecule has 134 valence electrons. The molecule has 26 heavy (non-hydrogen) atoms. The molecule has 0 radical (unpaired) electrons. The third kappa shape index (κ3) is 3.92. The van der Waals surface area contributed by atoms with Gasteiger partial charge in [0.25, 0.3) is 5.91 Å². The largest absolute Gasteiger partial charge is 0.480 e. The average Bonchev–Trinajstić information content (AvgIpc) is 2.61. The fourth-order valence-electron chi connectivity index (χ4n) is 2.70. The van der Waals surface area contributed by atoms with Gasteiger partial charge in [-0.15, -0.1) is 0 Å². The number of nitrogens with one attached hydrogen (secondary N) is 1. The standard InChI is InChI=1S/C20H18Cl2N2O2/c1-3-13-6-4-5-7-17(13)24-18(25)11-26-20-16(22)10-15(21)14-9-8-12(2)23-19(14)20/h4-10H,3,11H2,1-2H3,(H,24,25). The minimum Gasteiger partial charge on any atom is -0.480 e. The Morgan fingerprint density at radius 2 is 1.92 bits per heavy atom. The van der Waals surface area contributed by atoms with E-state index in [0.717, 1.165) is 28.8 Å². The number of aromatic nitrogens is 1. The SMILES string of the molecule is CCc1ccccc1NC(=O)COc1c(Cl)cc(Cl)c2ccc(C)nc12.